The van der Waals surface area contributed by atoms with Crippen LogP contribution in [0.25, 0.3) is 10.9 Å². The molecule has 8 rings (SSSR count). The molecule has 0 saturated carbocycles. The standard InChI is InChI=1S/C42H46ClFN8O6/c1-57-36-21-34-31(39(46-24-45-34)48-27-6-8-33(44)32(43)19-27)20-37(36)58-17-3-14-50-15-11-25(12-16-50)22-51-13-2-4-28(23-51)47-26-5-7-29-30(18-26)42(56)52(41(29)55)35-9-10-38(53)49-40(35)54/h5-8,18-21,24-25,28,35,47H,2-4,9-17,22-23H2,1H3,(H,45,46,48)(H,49,53,54)/t28-,35?/m1/s1. The molecule has 0 bridgehead atoms. The molecule has 4 aliphatic rings. The number of ether oxygens (including phenoxy) is 2. The summed E-state index contributed by atoms with van der Waals surface area (Å²) >= 11 is 5.99. The Balaban J connectivity index is 0.786. The van der Waals surface area contributed by atoms with Crippen LogP contribution < -0.4 is 25.4 Å². The number of carbonyl (C=O) groups is 4. The number of benzene rings is 3. The first-order valence-corrected chi connectivity index (χ1v) is 20.3. The lowest BCUT2D eigenvalue weighted by atomic mass is 9.94. The van der Waals surface area contributed by atoms with E-state index in [0.717, 1.165) is 87.3 Å². The van der Waals surface area contributed by atoms with Gasteiger partial charge >= 0.3 is 0 Å². The Labute approximate surface area is 340 Å². The normalized spacial score (nSPS) is 20.6. The van der Waals surface area contributed by atoms with E-state index in [9.17, 15) is 23.6 Å². The summed E-state index contributed by atoms with van der Waals surface area (Å²) in [6.07, 6.45) is 6.87. The van der Waals surface area contributed by atoms with Gasteiger partial charge in [-0.25, -0.2) is 14.4 Å². The Hall–Kier alpha value is -5.38. The predicted octanol–water partition coefficient (Wildman–Crippen LogP) is 5.63. The Morgan fingerprint density at radius 1 is 0.897 bits per heavy atom. The summed E-state index contributed by atoms with van der Waals surface area (Å²) in [6.45, 7) is 6.51. The molecule has 0 radical (unpaired) electrons. The molecule has 4 aliphatic heterocycles. The number of hydrogen-bond donors (Lipinski definition) is 3. The first-order chi connectivity index (χ1) is 28.1. The number of nitrogens with zero attached hydrogens (tertiary/aromatic N) is 5. The number of likely N-dealkylation sites (tertiary alicyclic amines) is 2. The molecule has 5 heterocycles. The van der Waals surface area contributed by atoms with Gasteiger partial charge in [-0.05, 0) is 107 Å². The summed E-state index contributed by atoms with van der Waals surface area (Å²) in [4.78, 5) is 65.3. The van der Waals surface area contributed by atoms with E-state index in [1.54, 1.807) is 25.3 Å². The molecule has 1 unspecified atom stereocenters. The predicted molar refractivity (Wildman–Crippen MR) is 216 cm³/mol. The molecule has 1 aromatic heterocycles. The van der Waals surface area contributed by atoms with Crippen molar-refractivity contribution in [3.63, 3.8) is 0 Å². The van der Waals surface area contributed by atoms with Gasteiger partial charge in [0, 0.05) is 54.9 Å². The van der Waals surface area contributed by atoms with E-state index in [0.29, 0.717) is 41.0 Å². The average molecular weight is 813 g/mol. The van der Waals surface area contributed by atoms with E-state index in [1.165, 1.54) is 18.5 Å². The number of methoxy groups -OCH3 is 1. The van der Waals surface area contributed by atoms with E-state index in [4.69, 9.17) is 21.1 Å². The van der Waals surface area contributed by atoms with Gasteiger partial charge in [-0.3, -0.25) is 29.4 Å². The molecule has 3 N–H and O–H groups in total. The van der Waals surface area contributed by atoms with Gasteiger partial charge < -0.3 is 29.9 Å². The zero-order valence-electron chi connectivity index (χ0n) is 32.3. The lowest BCUT2D eigenvalue weighted by Gasteiger charge is -2.38. The Bertz CT molecular complexity index is 2240. The molecule has 0 aliphatic carbocycles. The van der Waals surface area contributed by atoms with Crippen LogP contribution in [0, 0.1) is 11.7 Å². The van der Waals surface area contributed by atoms with Crippen molar-refractivity contribution < 1.29 is 33.0 Å². The minimum Gasteiger partial charge on any atom is -0.493 e. The van der Waals surface area contributed by atoms with Crippen LogP contribution in [0.4, 0.5) is 21.6 Å². The Morgan fingerprint density at radius 2 is 1.71 bits per heavy atom. The molecule has 58 heavy (non-hydrogen) atoms. The van der Waals surface area contributed by atoms with Crippen LogP contribution in [0.1, 0.15) is 65.7 Å². The van der Waals surface area contributed by atoms with Crippen molar-refractivity contribution in [2.24, 2.45) is 5.92 Å². The topological polar surface area (TPSA) is 158 Å². The maximum Gasteiger partial charge on any atom is 0.262 e. The fraction of sp³-hybridized carbons (Fsp3) is 0.429. The summed E-state index contributed by atoms with van der Waals surface area (Å²) in [5.74, 6) is -0.172. The molecular weight excluding hydrogens is 767 g/mol. The van der Waals surface area contributed by atoms with Crippen LogP contribution in [0.2, 0.25) is 5.02 Å². The summed E-state index contributed by atoms with van der Waals surface area (Å²) in [7, 11) is 1.60. The number of anilines is 3. The third kappa shape index (κ3) is 8.57. The number of aromatic nitrogens is 2. The zero-order chi connectivity index (χ0) is 40.3. The van der Waals surface area contributed by atoms with E-state index >= 15 is 0 Å². The van der Waals surface area contributed by atoms with Crippen LogP contribution >= 0.6 is 11.6 Å². The second-order valence-corrected chi connectivity index (χ2v) is 15.8. The molecule has 304 valence electrons. The Morgan fingerprint density at radius 3 is 2.50 bits per heavy atom. The van der Waals surface area contributed by atoms with Gasteiger partial charge in [-0.1, -0.05) is 11.6 Å². The highest BCUT2D eigenvalue weighted by Crippen LogP contribution is 2.36. The second kappa shape index (κ2) is 17.2. The van der Waals surface area contributed by atoms with E-state index in [2.05, 4.69) is 35.7 Å². The van der Waals surface area contributed by atoms with Gasteiger partial charge in [-0.2, -0.15) is 0 Å². The lowest BCUT2D eigenvalue weighted by molar-refractivity contribution is -0.136. The molecule has 0 spiro atoms. The first-order valence-electron chi connectivity index (χ1n) is 19.9. The smallest absolute Gasteiger partial charge is 0.262 e. The first kappa shape index (κ1) is 39.4. The maximum absolute atomic E-state index is 13.7. The van der Waals surface area contributed by atoms with Crippen LogP contribution in [0.15, 0.2) is 54.9 Å². The molecule has 4 aromatic rings. The monoisotopic (exact) mass is 812 g/mol. The van der Waals surface area contributed by atoms with Crippen molar-refractivity contribution in [1.82, 2.24) is 30.0 Å². The number of rotatable bonds is 13. The SMILES string of the molecule is COc1cc2ncnc(Nc3ccc(F)c(Cl)c3)c2cc1OCCCN1CCC(CN2CCC[C@@H](Nc3ccc4c(c3)C(=O)N(C3CCC(=O)NC3=O)C4=O)C2)CC1. The molecule has 3 saturated heterocycles. The molecule has 3 fully saturated rings. The van der Waals surface area contributed by atoms with Crippen molar-refractivity contribution >= 4 is 63.3 Å². The fourth-order valence-corrected chi connectivity index (χ4v) is 8.69. The number of carbonyl (C=O) groups excluding carboxylic acids is 4. The molecule has 14 nitrogen and oxygen atoms in total. The van der Waals surface area contributed by atoms with Gasteiger partial charge in [0.15, 0.2) is 11.5 Å². The second-order valence-electron chi connectivity index (χ2n) is 15.4. The quantitative estimate of drug-likeness (QED) is 0.113. The molecule has 2 atom stereocenters. The number of amides is 4. The number of hydrogen-bond acceptors (Lipinski definition) is 12. The zero-order valence-corrected chi connectivity index (χ0v) is 33.0. The van der Waals surface area contributed by atoms with Crippen LogP contribution in [0.5, 0.6) is 11.5 Å². The van der Waals surface area contributed by atoms with Crippen LogP contribution in [-0.2, 0) is 9.59 Å². The number of fused-ring (bicyclic) bond motifs is 2. The summed E-state index contributed by atoms with van der Waals surface area (Å²) in [5.41, 5.74) is 2.61. The molecule has 4 amide bonds. The van der Waals surface area contributed by atoms with Gasteiger partial charge in [0.1, 0.15) is 24.0 Å². The van der Waals surface area contributed by atoms with E-state index in [1.807, 2.05) is 18.2 Å². The molecular formula is C42H46ClFN8O6. The minimum atomic E-state index is -0.979. The highest BCUT2D eigenvalue weighted by atomic mass is 35.5. The van der Waals surface area contributed by atoms with E-state index in [-0.39, 0.29) is 35.0 Å². The highest BCUT2D eigenvalue weighted by molar-refractivity contribution is 6.31. The third-order valence-electron chi connectivity index (χ3n) is 11.5. The largest absolute Gasteiger partial charge is 0.493 e. The van der Waals surface area contributed by atoms with Crippen molar-refractivity contribution in [3.05, 3.63) is 76.8 Å². The molecule has 16 heteroatoms. The summed E-state index contributed by atoms with van der Waals surface area (Å²) < 4.78 is 25.6. The van der Waals surface area contributed by atoms with Crippen LogP contribution in [0.3, 0.4) is 0 Å². The lowest BCUT2D eigenvalue weighted by Crippen LogP contribution is -2.54. The van der Waals surface area contributed by atoms with Crippen molar-refractivity contribution in [3.8, 4) is 11.5 Å². The third-order valence-corrected chi connectivity index (χ3v) is 11.8. The van der Waals surface area contributed by atoms with Crippen molar-refractivity contribution in [2.45, 2.75) is 57.0 Å². The number of nitrogens with one attached hydrogen (secondary N) is 3. The maximum atomic E-state index is 13.7. The summed E-state index contributed by atoms with van der Waals surface area (Å²) in [6, 6.07) is 12.5. The fourth-order valence-electron chi connectivity index (χ4n) is 8.51. The number of imide groups is 2. The van der Waals surface area contributed by atoms with Crippen molar-refractivity contribution in [2.75, 3.05) is 63.6 Å². The number of piperidine rings is 3. The Kier molecular flexibility index (Phi) is 11.7. The minimum absolute atomic E-state index is 0.0155. The number of halogens is 2. The summed E-state index contributed by atoms with van der Waals surface area (Å²) in [5, 5.41) is 9.79. The van der Waals surface area contributed by atoms with Gasteiger partial charge in [0.25, 0.3) is 11.8 Å². The van der Waals surface area contributed by atoms with Crippen LogP contribution in [-0.4, -0.2) is 113 Å². The van der Waals surface area contributed by atoms with E-state index < -0.39 is 35.5 Å². The van der Waals surface area contributed by atoms with Gasteiger partial charge in [0.05, 0.1) is 35.4 Å². The average Bonchev–Trinajstić information content (AvgIpc) is 3.46. The highest BCUT2D eigenvalue weighted by Gasteiger charge is 2.44. The van der Waals surface area contributed by atoms with Gasteiger partial charge in [0.2, 0.25) is 11.8 Å². The van der Waals surface area contributed by atoms with Crippen molar-refractivity contribution in [1.29, 1.82) is 0 Å². The van der Waals surface area contributed by atoms with Gasteiger partial charge in [-0.15, -0.1) is 0 Å². The molecule has 3 aromatic carbocycles.